The van der Waals surface area contributed by atoms with Crippen LogP contribution in [0.1, 0.15) is 35.3 Å². The Morgan fingerprint density at radius 3 is 2.85 bits per heavy atom. The van der Waals surface area contributed by atoms with E-state index in [-0.39, 0.29) is 18.4 Å². The van der Waals surface area contributed by atoms with E-state index < -0.39 is 0 Å². The van der Waals surface area contributed by atoms with Crippen LogP contribution in [-0.4, -0.2) is 35.3 Å². The molecule has 0 unspecified atom stereocenters. The normalized spacial score (nSPS) is 13.7. The van der Waals surface area contributed by atoms with E-state index >= 15 is 0 Å². The number of thioether (sulfide) groups is 1. The number of rotatable bonds is 7. The van der Waals surface area contributed by atoms with Crippen molar-refractivity contribution < 1.29 is 4.79 Å². The van der Waals surface area contributed by atoms with E-state index in [1.807, 2.05) is 43.6 Å². The molecule has 0 fully saturated rings. The summed E-state index contributed by atoms with van der Waals surface area (Å²) in [5.74, 6) is 1.73. The zero-order valence-corrected chi connectivity index (χ0v) is 16.0. The summed E-state index contributed by atoms with van der Waals surface area (Å²) in [6.07, 6.45) is 4.15. The predicted octanol–water partition coefficient (Wildman–Crippen LogP) is 2.71. The standard InChI is InChI=1S/C20H24N4OS/c1-3-21-20-17-12-22-16(9-15(17)11-23-20)10-19(25)24-18(13-26-2)14-7-5-4-6-8-14/h4-9,12,18H,3,10-11,13H2,1-2H3,(H,21,23)(H,24,25)/t18-/m1/s1. The van der Waals surface area contributed by atoms with E-state index in [4.69, 9.17) is 0 Å². The molecule has 26 heavy (non-hydrogen) atoms. The van der Waals surface area contributed by atoms with Gasteiger partial charge in [0.2, 0.25) is 5.91 Å². The third-order valence-electron chi connectivity index (χ3n) is 4.27. The monoisotopic (exact) mass is 368 g/mol. The lowest BCUT2D eigenvalue weighted by Crippen LogP contribution is -2.31. The Hall–Kier alpha value is -2.34. The van der Waals surface area contributed by atoms with Gasteiger partial charge in [-0.15, -0.1) is 0 Å². The average molecular weight is 369 g/mol. The van der Waals surface area contributed by atoms with Crippen LogP contribution in [0.2, 0.25) is 0 Å². The first kappa shape index (κ1) is 18.5. The summed E-state index contributed by atoms with van der Waals surface area (Å²) in [5, 5.41) is 6.39. The summed E-state index contributed by atoms with van der Waals surface area (Å²) in [6.45, 7) is 3.52. The zero-order valence-electron chi connectivity index (χ0n) is 15.2. The van der Waals surface area contributed by atoms with Gasteiger partial charge in [-0.2, -0.15) is 11.8 Å². The van der Waals surface area contributed by atoms with Crippen LogP contribution in [0.5, 0.6) is 0 Å². The molecule has 1 aliphatic rings. The summed E-state index contributed by atoms with van der Waals surface area (Å²) < 4.78 is 0. The largest absolute Gasteiger partial charge is 0.370 e. The number of benzene rings is 1. The molecular weight excluding hydrogens is 344 g/mol. The molecule has 1 aliphatic heterocycles. The van der Waals surface area contributed by atoms with Crippen LogP contribution >= 0.6 is 11.8 Å². The first-order chi connectivity index (χ1) is 12.7. The van der Waals surface area contributed by atoms with Crippen molar-refractivity contribution in [3.05, 3.63) is 65.0 Å². The third kappa shape index (κ3) is 4.43. The number of hydrogen-bond donors (Lipinski definition) is 2. The van der Waals surface area contributed by atoms with Crippen LogP contribution < -0.4 is 10.6 Å². The fourth-order valence-corrected chi connectivity index (χ4v) is 3.65. The van der Waals surface area contributed by atoms with E-state index in [0.29, 0.717) is 6.54 Å². The molecule has 0 saturated carbocycles. The van der Waals surface area contributed by atoms with E-state index in [9.17, 15) is 4.79 Å². The van der Waals surface area contributed by atoms with Gasteiger partial charge in [-0.05, 0) is 30.4 Å². The van der Waals surface area contributed by atoms with Crippen LogP contribution in [0.3, 0.4) is 0 Å². The van der Waals surface area contributed by atoms with Crippen LogP contribution in [-0.2, 0) is 17.8 Å². The maximum absolute atomic E-state index is 12.5. The van der Waals surface area contributed by atoms with Gasteiger partial charge in [0.1, 0.15) is 5.84 Å². The molecule has 0 aliphatic carbocycles. The Morgan fingerprint density at radius 1 is 1.31 bits per heavy atom. The van der Waals surface area contributed by atoms with Crippen molar-refractivity contribution in [2.75, 3.05) is 18.6 Å². The van der Waals surface area contributed by atoms with Crippen molar-refractivity contribution in [3.8, 4) is 0 Å². The fourth-order valence-electron chi connectivity index (χ4n) is 3.04. The number of nitrogens with one attached hydrogen (secondary N) is 2. The highest BCUT2D eigenvalue weighted by atomic mass is 32.2. The third-order valence-corrected chi connectivity index (χ3v) is 4.93. The molecule has 2 N–H and O–H groups in total. The molecule has 136 valence electrons. The molecule has 1 aromatic heterocycles. The van der Waals surface area contributed by atoms with Crippen LogP contribution in [0.4, 0.5) is 0 Å². The Kier molecular flexibility index (Phi) is 6.28. The van der Waals surface area contributed by atoms with Crippen molar-refractivity contribution in [3.63, 3.8) is 0 Å². The van der Waals surface area contributed by atoms with E-state index in [2.05, 4.69) is 32.7 Å². The van der Waals surface area contributed by atoms with Crippen LogP contribution in [0.25, 0.3) is 0 Å². The summed E-state index contributed by atoms with van der Waals surface area (Å²) >= 11 is 1.72. The smallest absolute Gasteiger partial charge is 0.226 e. The number of carbonyl (C=O) groups excluding carboxylic acids is 1. The van der Waals surface area contributed by atoms with Crippen molar-refractivity contribution >= 4 is 23.5 Å². The summed E-state index contributed by atoms with van der Waals surface area (Å²) in [4.78, 5) is 21.5. The Balaban J connectivity index is 1.65. The number of nitrogens with zero attached hydrogens (tertiary/aromatic N) is 2. The maximum atomic E-state index is 12.5. The molecule has 2 aromatic rings. The summed E-state index contributed by atoms with van der Waals surface area (Å²) in [5.41, 5.74) is 4.08. The Labute approximate surface area is 158 Å². The topological polar surface area (TPSA) is 66.4 Å². The highest BCUT2D eigenvalue weighted by molar-refractivity contribution is 7.98. The van der Waals surface area contributed by atoms with Crippen molar-refractivity contribution in [1.29, 1.82) is 0 Å². The predicted molar refractivity (Wildman–Crippen MR) is 108 cm³/mol. The average Bonchev–Trinajstić information content (AvgIpc) is 3.05. The minimum atomic E-state index is -0.00817. The van der Waals surface area contributed by atoms with Gasteiger partial charge in [0.15, 0.2) is 0 Å². The number of aliphatic imine (C=N–C) groups is 1. The minimum absolute atomic E-state index is 0.00817. The molecule has 0 spiro atoms. The molecule has 1 amide bonds. The van der Waals surface area contributed by atoms with Crippen LogP contribution in [0.15, 0.2) is 47.6 Å². The Bertz CT molecular complexity index is 792. The number of aromatic nitrogens is 1. The lowest BCUT2D eigenvalue weighted by Gasteiger charge is -2.18. The van der Waals surface area contributed by atoms with Gasteiger partial charge in [-0.1, -0.05) is 30.3 Å². The molecule has 3 rings (SSSR count). The number of amidine groups is 1. The molecule has 6 heteroatoms. The van der Waals surface area contributed by atoms with Gasteiger partial charge < -0.3 is 10.6 Å². The number of fused-ring (bicyclic) bond motifs is 1. The molecule has 1 aromatic carbocycles. The van der Waals surface area contributed by atoms with Gasteiger partial charge in [-0.25, -0.2) is 0 Å². The first-order valence-corrected chi connectivity index (χ1v) is 10.2. The SMILES string of the molecule is CCNC1=NCc2cc(CC(=O)N[C@H](CSC)c3ccccc3)ncc21. The molecule has 1 atom stereocenters. The molecule has 0 saturated heterocycles. The summed E-state index contributed by atoms with van der Waals surface area (Å²) in [6, 6.07) is 12.1. The van der Waals surface area contributed by atoms with E-state index in [1.54, 1.807) is 11.8 Å². The lowest BCUT2D eigenvalue weighted by atomic mass is 10.1. The highest BCUT2D eigenvalue weighted by Gasteiger charge is 2.18. The number of amides is 1. The maximum Gasteiger partial charge on any atom is 0.226 e. The molecule has 0 bridgehead atoms. The van der Waals surface area contributed by atoms with Gasteiger partial charge in [0.25, 0.3) is 0 Å². The van der Waals surface area contributed by atoms with Gasteiger partial charge in [-0.3, -0.25) is 14.8 Å². The van der Waals surface area contributed by atoms with E-state index in [1.165, 1.54) is 0 Å². The molecule has 2 heterocycles. The minimum Gasteiger partial charge on any atom is -0.370 e. The molecule has 5 nitrogen and oxygen atoms in total. The van der Waals surface area contributed by atoms with Gasteiger partial charge in [0.05, 0.1) is 24.7 Å². The lowest BCUT2D eigenvalue weighted by molar-refractivity contribution is -0.121. The highest BCUT2D eigenvalue weighted by Crippen LogP contribution is 2.19. The summed E-state index contributed by atoms with van der Waals surface area (Å²) in [7, 11) is 0. The van der Waals surface area contributed by atoms with Crippen molar-refractivity contribution in [1.82, 2.24) is 15.6 Å². The second-order valence-corrected chi connectivity index (χ2v) is 7.10. The van der Waals surface area contributed by atoms with Crippen molar-refractivity contribution in [2.45, 2.75) is 25.9 Å². The quantitative estimate of drug-likeness (QED) is 0.789. The van der Waals surface area contributed by atoms with Gasteiger partial charge >= 0.3 is 0 Å². The number of carbonyl (C=O) groups is 1. The molecule has 0 radical (unpaired) electrons. The van der Waals surface area contributed by atoms with Gasteiger partial charge in [0, 0.05) is 24.1 Å². The number of pyridine rings is 1. The van der Waals surface area contributed by atoms with E-state index in [0.717, 1.165) is 40.5 Å². The first-order valence-electron chi connectivity index (χ1n) is 8.81. The molecular formula is C20H24N4OS. The Morgan fingerprint density at radius 2 is 2.12 bits per heavy atom. The van der Waals surface area contributed by atoms with Crippen molar-refractivity contribution in [2.24, 2.45) is 4.99 Å². The number of hydrogen-bond acceptors (Lipinski definition) is 5. The zero-order chi connectivity index (χ0) is 18.4. The second kappa shape index (κ2) is 8.85. The second-order valence-electron chi connectivity index (χ2n) is 6.19. The fraction of sp³-hybridized carbons (Fsp3) is 0.350. The van der Waals surface area contributed by atoms with Crippen LogP contribution in [0, 0.1) is 0 Å².